The zero-order valence-corrected chi connectivity index (χ0v) is 19.3. The maximum atomic E-state index is 14.2. The van der Waals surface area contributed by atoms with Crippen molar-refractivity contribution in [3.8, 4) is 5.75 Å². The number of hydrogen-bond donors (Lipinski definition) is 1. The fourth-order valence-corrected chi connectivity index (χ4v) is 5.31. The Kier molecular flexibility index (Phi) is 6.36. The quantitative estimate of drug-likeness (QED) is 0.358. The van der Waals surface area contributed by atoms with Gasteiger partial charge in [-0.05, 0) is 49.4 Å². The van der Waals surface area contributed by atoms with E-state index in [9.17, 15) is 30.8 Å². The van der Waals surface area contributed by atoms with Crippen LogP contribution in [0.15, 0.2) is 65.6 Å². The van der Waals surface area contributed by atoms with Gasteiger partial charge >= 0.3 is 6.18 Å². The lowest BCUT2D eigenvalue weighted by Gasteiger charge is -2.34. The van der Waals surface area contributed by atoms with E-state index in [0.717, 1.165) is 16.4 Å². The van der Waals surface area contributed by atoms with Crippen molar-refractivity contribution < 1.29 is 35.5 Å². The summed E-state index contributed by atoms with van der Waals surface area (Å²) in [6.45, 7) is 8.67. The fourth-order valence-electron chi connectivity index (χ4n) is 3.73. The maximum absolute atomic E-state index is 14.2. The largest absolute Gasteiger partial charge is 0.487 e. The van der Waals surface area contributed by atoms with Crippen LogP contribution in [0.4, 0.5) is 34.6 Å². The summed E-state index contributed by atoms with van der Waals surface area (Å²) in [6.07, 6.45) is -5.52. The van der Waals surface area contributed by atoms with Gasteiger partial charge in [0, 0.05) is 5.69 Å². The molecule has 0 fully saturated rings. The Morgan fingerprint density at radius 2 is 1.86 bits per heavy atom. The summed E-state index contributed by atoms with van der Waals surface area (Å²) >= 11 is 0. The Hall–Kier alpha value is -4.11. The first kappa shape index (κ1) is 25.0. The molecule has 1 atom stereocenters. The van der Waals surface area contributed by atoms with Crippen LogP contribution in [0.1, 0.15) is 22.8 Å². The number of amides is 1. The molecule has 1 heterocycles. The van der Waals surface area contributed by atoms with Crippen molar-refractivity contribution in [3.05, 3.63) is 89.0 Å². The van der Waals surface area contributed by atoms with Crippen LogP contribution in [-0.4, -0.2) is 27.0 Å². The number of halogens is 4. The second-order valence-corrected chi connectivity index (χ2v) is 9.73. The number of anilines is 2. The number of carbonyl (C=O) groups is 1. The second-order valence-electron chi connectivity index (χ2n) is 7.87. The zero-order chi connectivity index (χ0) is 26.3. The number of ether oxygens (including phenoxy) is 1. The van der Waals surface area contributed by atoms with Gasteiger partial charge in [0.1, 0.15) is 17.7 Å². The van der Waals surface area contributed by atoms with Crippen molar-refractivity contribution >= 4 is 33.0 Å². The van der Waals surface area contributed by atoms with Crippen LogP contribution in [0.2, 0.25) is 0 Å². The molecule has 0 aliphatic carbocycles. The molecule has 1 N–H and O–H groups in total. The molecule has 36 heavy (non-hydrogen) atoms. The van der Waals surface area contributed by atoms with E-state index in [4.69, 9.17) is 11.3 Å². The molecule has 0 bridgehead atoms. The summed E-state index contributed by atoms with van der Waals surface area (Å²) in [6, 6.07) is 11.4. The summed E-state index contributed by atoms with van der Waals surface area (Å²) < 4.78 is 87.8. The Bertz CT molecular complexity index is 1500. The van der Waals surface area contributed by atoms with Crippen molar-refractivity contribution in [1.82, 2.24) is 0 Å². The summed E-state index contributed by atoms with van der Waals surface area (Å²) in [7, 11) is -4.18. The molecular weight excluding hydrogens is 502 g/mol. The van der Waals surface area contributed by atoms with E-state index < -0.39 is 45.2 Å². The third-order valence-electron chi connectivity index (χ3n) is 5.32. The topological polar surface area (TPSA) is 80.1 Å². The average Bonchev–Trinajstić information content (AvgIpc) is 2.83. The number of fused-ring (bicyclic) bond motifs is 1. The highest BCUT2D eigenvalue weighted by Crippen LogP contribution is 2.40. The van der Waals surface area contributed by atoms with Gasteiger partial charge in [-0.25, -0.2) is 17.7 Å². The van der Waals surface area contributed by atoms with E-state index in [2.05, 4.69) is 10.2 Å². The predicted molar refractivity (Wildman–Crippen MR) is 123 cm³/mol. The van der Waals surface area contributed by atoms with Crippen LogP contribution in [-0.2, 0) is 16.2 Å². The van der Waals surface area contributed by atoms with E-state index in [1.54, 1.807) is 6.92 Å². The minimum absolute atomic E-state index is 0.0173. The maximum Gasteiger partial charge on any atom is 0.417 e. The summed E-state index contributed by atoms with van der Waals surface area (Å²) in [5, 5.41) is 2.21. The number of rotatable bonds is 4. The van der Waals surface area contributed by atoms with Gasteiger partial charge in [-0.1, -0.05) is 18.2 Å². The molecule has 12 heteroatoms. The number of alkyl halides is 3. The van der Waals surface area contributed by atoms with Crippen molar-refractivity contribution in [2.75, 3.05) is 16.2 Å². The van der Waals surface area contributed by atoms with Crippen molar-refractivity contribution in [2.24, 2.45) is 0 Å². The molecule has 0 spiro atoms. The Labute approximate surface area is 203 Å². The van der Waals surface area contributed by atoms with E-state index in [1.807, 2.05) is 0 Å². The fraction of sp³-hybridized carbons (Fsp3) is 0.167. The van der Waals surface area contributed by atoms with Crippen molar-refractivity contribution in [1.29, 1.82) is 0 Å². The highest BCUT2D eigenvalue weighted by Gasteiger charge is 2.37. The molecule has 0 radical (unpaired) electrons. The lowest BCUT2D eigenvalue weighted by molar-refractivity contribution is -0.138. The highest BCUT2D eigenvalue weighted by molar-refractivity contribution is 7.92. The van der Waals surface area contributed by atoms with Crippen LogP contribution in [0, 0.1) is 12.4 Å². The number of benzene rings is 3. The minimum Gasteiger partial charge on any atom is -0.487 e. The second kappa shape index (κ2) is 9.16. The number of sulfonamides is 1. The van der Waals surface area contributed by atoms with Crippen LogP contribution < -0.4 is 14.4 Å². The third-order valence-corrected chi connectivity index (χ3v) is 7.09. The predicted octanol–water partition coefficient (Wildman–Crippen LogP) is 5.62. The molecule has 1 aliphatic rings. The smallest absolute Gasteiger partial charge is 0.417 e. The summed E-state index contributed by atoms with van der Waals surface area (Å²) in [5.41, 5.74) is -2.58. The number of hydrogen-bond acceptors (Lipinski definition) is 4. The van der Waals surface area contributed by atoms with Crippen molar-refractivity contribution in [2.45, 2.75) is 24.1 Å². The number of nitrogens with zero attached hydrogens (tertiary/aromatic N) is 2. The molecule has 0 unspecified atom stereocenters. The minimum atomic E-state index is -4.97. The molecule has 4 rings (SSSR count). The molecule has 7 nitrogen and oxygen atoms in total. The Morgan fingerprint density at radius 3 is 2.56 bits per heavy atom. The molecule has 3 aromatic carbocycles. The Balaban J connectivity index is 1.73. The van der Waals surface area contributed by atoms with Gasteiger partial charge in [0.05, 0.1) is 34.8 Å². The van der Waals surface area contributed by atoms with E-state index in [-0.39, 0.29) is 34.3 Å². The van der Waals surface area contributed by atoms with Crippen LogP contribution in [0.25, 0.3) is 4.85 Å². The van der Waals surface area contributed by atoms with Gasteiger partial charge < -0.3 is 10.1 Å². The third kappa shape index (κ3) is 4.70. The molecular formula is C24H17F4N3O4S. The van der Waals surface area contributed by atoms with Crippen LogP contribution >= 0.6 is 0 Å². The molecule has 0 saturated heterocycles. The van der Waals surface area contributed by atoms with Gasteiger partial charge in [-0.2, -0.15) is 13.2 Å². The van der Waals surface area contributed by atoms with Crippen molar-refractivity contribution in [3.63, 3.8) is 0 Å². The lowest BCUT2D eigenvalue weighted by Crippen LogP contribution is -2.42. The monoisotopic (exact) mass is 519 g/mol. The first-order valence-corrected chi connectivity index (χ1v) is 11.8. The summed E-state index contributed by atoms with van der Waals surface area (Å²) in [4.78, 5) is 15.7. The molecule has 186 valence electrons. The average molecular weight is 519 g/mol. The van der Waals surface area contributed by atoms with Gasteiger partial charge in [-0.15, -0.1) is 0 Å². The number of nitrogens with one attached hydrogen (secondary N) is 1. The SMILES string of the molecule is [C-]#[N+]c1cccc(S(=O)(=O)N2C[C@H](C)Oc3ccc(NC(=O)c4c(F)cccc4C(F)(F)F)cc32)c1. The number of carbonyl (C=O) groups excluding carboxylic acids is 1. The van der Waals surface area contributed by atoms with Gasteiger partial charge in [0.15, 0.2) is 5.69 Å². The van der Waals surface area contributed by atoms with E-state index >= 15 is 0 Å². The standard InChI is InChI=1S/C24H17F4N3O4S/c1-14-13-31(36(33,34)17-6-3-5-15(11-17)29-2)20-12-16(9-10-21(20)35-14)30-23(32)22-18(24(26,27)28)7-4-8-19(22)25/h3-12,14H,13H2,1H3,(H,30,32)/t14-/m0/s1. The van der Waals surface area contributed by atoms with Gasteiger partial charge in [-0.3, -0.25) is 9.10 Å². The first-order chi connectivity index (χ1) is 16.9. The molecule has 3 aromatic rings. The highest BCUT2D eigenvalue weighted by atomic mass is 32.2. The lowest BCUT2D eigenvalue weighted by atomic mass is 10.1. The molecule has 1 amide bonds. The van der Waals surface area contributed by atoms with Gasteiger partial charge in [0.25, 0.3) is 15.9 Å². The molecule has 0 aromatic heterocycles. The van der Waals surface area contributed by atoms with E-state index in [1.165, 1.54) is 42.5 Å². The van der Waals surface area contributed by atoms with Crippen LogP contribution in [0.5, 0.6) is 5.75 Å². The first-order valence-electron chi connectivity index (χ1n) is 10.4. The molecule has 1 aliphatic heterocycles. The normalized spacial score (nSPS) is 15.4. The Morgan fingerprint density at radius 1 is 1.14 bits per heavy atom. The van der Waals surface area contributed by atoms with E-state index in [0.29, 0.717) is 6.07 Å². The van der Waals surface area contributed by atoms with Gasteiger partial charge in [0.2, 0.25) is 0 Å². The molecule has 0 saturated carbocycles. The zero-order valence-electron chi connectivity index (χ0n) is 18.5. The summed E-state index contributed by atoms with van der Waals surface area (Å²) in [5.74, 6) is -2.57. The van der Waals surface area contributed by atoms with Crippen LogP contribution in [0.3, 0.4) is 0 Å².